The summed E-state index contributed by atoms with van der Waals surface area (Å²) in [7, 11) is 0. The van der Waals surface area contributed by atoms with E-state index in [4.69, 9.17) is 10.8 Å². The van der Waals surface area contributed by atoms with Crippen molar-refractivity contribution >= 4 is 6.08 Å². The summed E-state index contributed by atoms with van der Waals surface area (Å²) in [4.78, 5) is 0. The average molecular weight is 181 g/mol. The van der Waals surface area contributed by atoms with Gasteiger partial charge in [-0.05, 0) is 24.6 Å². The van der Waals surface area contributed by atoms with Gasteiger partial charge in [0, 0.05) is 6.04 Å². The first-order valence-electron chi connectivity index (χ1n) is 4.02. The molecule has 0 radical (unpaired) electrons. The Kier molecular flexibility index (Phi) is 3.03. The van der Waals surface area contributed by atoms with Gasteiger partial charge >= 0.3 is 0 Å². The highest BCUT2D eigenvalue weighted by atomic mass is 19.1. The van der Waals surface area contributed by atoms with Crippen LogP contribution in [-0.4, -0.2) is 11.1 Å². The van der Waals surface area contributed by atoms with Crippen molar-refractivity contribution in [3.05, 3.63) is 35.7 Å². The molecular formula is C10H12FNO. The third-order valence-corrected chi connectivity index (χ3v) is 1.56. The van der Waals surface area contributed by atoms with Crippen LogP contribution < -0.4 is 5.73 Å². The second-order valence-electron chi connectivity index (χ2n) is 2.93. The Hall–Kier alpha value is -1.35. The third-order valence-electron chi connectivity index (χ3n) is 1.56. The number of halogens is 1. The first-order chi connectivity index (χ1) is 6.09. The van der Waals surface area contributed by atoms with Crippen LogP contribution in [0.2, 0.25) is 0 Å². The van der Waals surface area contributed by atoms with Crippen LogP contribution in [-0.2, 0) is 0 Å². The van der Waals surface area contributed by atoms with E-state index in [-0.39, 0.29) is 11.8 Å². The van der Waals surface area contributed by atoms with Crippen molar-refractivity contribution in [3.63, 3.8) is 0 Å². The van der Waals surface area contributed by atoms with Crippen LogP contribution in [0.25, 0.3) is 6.08 Å². The quantitative estimate of drug-likeness (QED) is 0.731. The van der Waals surface area contributed by atoms with E-state index in [0.717, 1.165) is 0 Å². The lowest BCUT2D eigenvalue weighted by Gasteiger charge is -1.98. The van der Waals surface area contributed by atoms with Gasteiger partial charge in [0.1, 0.15) is 0 Å². The summed E-state index contributed by atoms with van der Waals surface area (Å²) < 4.78 is 12.8. The molecule has 1 unspecified atom stereocenters. The van der Waals surface area contributed by atoms with Crippen LogP contribution in [0.1, 0.15) is 12.5 Å². The van der Waals surface area contributed by atoms with Gasteiger partial charge in [0.25, 0.3) is 0 Å². The van der Waals surface area contributed by atoms with Crippen molar-refractivity contribution in [1.82, 2.24) is 0 Å². The fourth-order valence-corrected chi connectivity index (χ4v) is 0.890. The summed E-state index contributed by atoms with van der Waals surface area (Å²) in [5.74, 6) is -0.954. The Morgan fingerprint density at radius 1 is 1.54 bits per heavy atom. The molecule has 1 atom stereocenters. The van der Waals surface area contributed by atoms with Crippen molar-refractivity contribution in [3.8, 4) is 5.75 Å². The number of aromatic hydroxyl groups is 1. The minimum atomic E-state index is -0.619. The maximum Gasteiger partial charge on any atom is 0.165 e. The number of benzene rings is 1. The molecule has 70 valence electrons. The van der Waals surface area contributed by atoms with E-state index in [2.05, 4.69) is 0 Å². The first-order valence-corrected chi connectivity index (χ1v) is 4.02. The molecule has 3 heteroatoms. The van der Waals surface area contributed by atoms with Crippen LogP contribution in [0.3, 0.4) is 0 Å². The second kappa shape index (κ2) is 4.05. The topological polar surface area (TPSA) is 46.2 Å². The molecule has 0 aliphatic rings. The van der Waals surface area contributed by atoms with E-state index < -0.39 is 5.82 Å². The third kappa shape index (κ3) is 2.87. The Morgan fingerprint density at radius 3 is 2.77 bits per heavy atom. The van der Waals surface area contributed by atoms with Crippen molar-refractivity contribution < 1.29 is 9.50 Å². The van der Waals surface area contributed by atoms with Gasteiger partial charge in [-0.3, -0.25) is 0 Å². The lowest BCUT2D eigenvalue weighted by atomic mass is 10.1. The molecule has 0 fully saturated rings. The molecule has 0 amide bonds. The largest absolute Gasteiger partial charge is 0.505 e. The van der Waals surface area contributed by atoms with E-state index in [1.165, 1.54) is 12.1 Å². The maximum atomic E-state index is 12.8. The molecule has 2 nitrogen and oxygen atoms in total. The highest BCUT2D eigenvalue weighted by molar-refractivity contribution is 5.51. The Morgan fingerprint density at radius 2 is 2.23 bits per heavy atom. The summed E-state index contributed by atoms with van der Waals surface area (Å²) >= 11 is 0. The Bertz CT molecular complexity index is 321. The summed E-state index contributed by atoms with van der Waals surface area (Å²) in [6.07, 6.45) is 3.47. The van der Waals surface area contributed by atoms with Gasteiger partial charge in [-0.1, -0.05) is 18.2 Å². The van der Waals surface area contributed by atoms with Crippen molar-refractivity contribution in [2.24, 2.45) is 5.73 Å². The molecule has 3 N–H and O–H groups in total. The van der Waals surface area contributed by atoms with Crippen LogP contribution in [0.4, 0.5) is 4.39 Å². The van der Waals surface area contributed by atoms with Crippen molar-refractivity contribution in [2.45, 2.75) is 13.0 Å². The van der Waals surface area contributed by atoms with E-state index in [0.29, 0.717) is 5.56 Å². The monoisotopic (exact) mass is 181 g/mol. The van der Waals surface area contributed by atoms with Gasteiger partial charge < -0.3 is 10.8 Å². The van der Waals surface area contributed by atoms with E-state index in [1.807, 2.05) is 6.92 Å². The summed E-state index contributed by atoms with van der Waals surface area (Å²) in [5.41, 5.74) is 6.17. The molecule has 1 aromatic rings. The molecule has 1 aromatic carbocycles. The number of hydrogen-bond donors (Lipinski definition) is 2. The Labute approximate surface area is 76.5 Å². The number of hydrogen-bond acceptors (Lipinski definition) is 2. The molecule has 0 heterocycles. The maximum absolute atomic E-state index is 12.8. The zero-order chi connectivity index (χ0) is 9.84. The number of rotatable bonds is 2. The fourth-order valence-electron chi connectivity index (χ4n) is 0.890. The molecule has 0 saturated carbocycles. The molecule has 0 bridgehead atoms. The lowest BCUT2D eigenvalue weighted by Crippen LogP contribution is -2.09. The molecule has 0 spiro atoms. The average Bonchev–Trinajstić information content (AvgIpc) is 2.07. The van der Waals surface area contributed by atoms with Crippen LogP contribution in [0, 0.1) is 5.82 Å². The van der Waals surface area contributed by atoms with Gasteiger partial charge in [-0.25, -0.2) is 4.39 Å². The highest BCUT2D eigenvalue weighted by Crippen LogP contribution is 2.16. The smallest absolute Gasteiger partial charge is 0.165 e. The standard InChI is InChI=1S/C10H12FNO/c1-7(12)2-3-8-4-5-10(13)9(11)6-8/h2-7,13H,12H2,1H3/b3-2+. The first kappa shape index (κ1) is 9.74. The Balaban J connectivity index is 2.85. The zero-order valence-electron chi connectivity index (χ0n) is 7.37. The predicted octanol–water partition coefficient (Wildman–Crippen LogP) is 1.89. The predicted molar refractivity (Wildman–Crippen MR) is 50.7 cm³/mol. The van der Waals surface area contributed by atoms with Gasteiger partial charge in [-0.15, -0.1) is 0 Å². The van der Waals surface area contributed by atoms with Gasteiger partial charge in [0.2, 0.25) is 0 Å². The molecule has 1 rings (SSSR count). The van der Waals surface area contributed by atoms with E-state index in [9.17, 15) is 4.39 Å². The van der Waals surface area contributed by atoms with E-state index in [1.54, 1.807) is 18.2 Å². The molecule has 0 aliphatic carbocycles. The van der Waals surface area contributed by atoms with E-state index >= 15 is 0 Å². The summed E-state index contributed by atoms with van der Waals surface area (Å²) in [5, 5.41) is 8.90. The molecule has 13 heavy (non-hydrogen) atoms. The van der Waals surface area contributed by atoms with Crippen molar-refractivity contribution in [2.75, 3.05) is 0 Å². The number of nitrogens with two attached hydrogens (primary N) is 1. The molecule has 0 aromatic heterocycles. The zero-order valence-corrected chi connectivity index (χ0v) is 7.37. The fraction of sp³-hybridized carbons (Fsp3) is 0.200. The SMILES string of the molecule is CC(N)/C=C/c1ccc(O)c(F)c1. The number of phenols is 1. The van der Waals surface area contributed by atoms with Gasteiger partial charge in [-0.2, -0.15) is 0 Å². The second-order valence-corrected chi connectivity index (χ2v) is 2.93. The normalized spacial score (nSPS) is 13.5. The van der Waals surface area contributed by atoms with Crippen LogP contribution in [0.5, 0.6) is 5.75 Å². The van der Waals surface area contributed by atoms with Gasteiger partial charge in [0.15, 0.2) is 11.6 Å². The molecular weight excluding hydrogens is 169 g/mol. The minimum Gasteiger partial charge on any atom is -0.505 e. The molecule has 0 saturated heterocycles. The number of phenolic OH excluding ortho intramolecular Hbond substituents is 1. The summed E-state index contributed by atoms with van der Waals surface area (Å²) in [6, 6.07) is 4.14. The summed E-state index contributed by atoms with van der Waals surface area (Å²) in [6.45, 7) is 1.83. The lowest BCUT2D eigenvalue weighted by molar-refractivity contribution is 0.432. The van der Waals surface area contributed by atoms with Crippen molar-refractivity contribution in [1.29, 1.82) is 0 Å². The molecule has 0 aliphatic heterocycles. The van der Waals surface area contributed by atoms with Crippen LogP contribution in [0.15, 0.2) is 24.3 Å². The minimum absolute atomic E-state index is 0.0585. The highest BCUT2D eigenvalue weighted by Gasteiger charge is 1.98. The van der Waals surface area contributed by atoms with Gasteiger partial charge in [0.05, 0.1) is 0 Å². The van der Waals surface area contributed by atoms with Crippen LogP contribution >= 0.6 is 0 Å².